The average Bonchev–Trinajstić information content (AvgIpc) is 3.49. The molecule has 0 saturated carbocycles. The van der Waals surface area contributed by atoms with Crippen molar-refractivity contribution in [1.82, 2.24) is 29.9 Å². The Balaban J connectivity index is 1.35. The van der Waals surface area contributed by atoms with Crippen LogP contribution >= 0.6 is 0 Å². The monoisotopic (exact) mass is 538 g/mol. The van der Waals surface area contributed by atoms with Crippen molar-refractivity contribution in [3.05, 3.63) is 54.2 Å². The molecular formula is C25H21F3N8O3. The number of aromatic amines is 1. The van der Waals surface area contributed by atoms with E-state index in [4.69, 9.17) is 5.73 Å². The molecule has 200 valence electrons. The number of aromatic nitrogens is 5. The lowest BCUT2D eigenvalue weighted by molar-refractivity contribution is -0.286. The second-order valence-corrected chi connectivity index (χ2v) is 9.95. The van der Waals surface area contributed by atoms with Crippen LogP contribution in [0.4, 0.5) is 30.6 Å². The Morgan fingerprint density at radius 3 is 2.62 bits per heavy atom. The summed E-state index contributed by atoms with van der Waals surface area (Å²) in [4.78, 5) is 24.3. The smallest absolute Gasteiger partial charge is 0.395 e. The molecule has 4 heterocycles. The number of halogens is 3. The first-order valence-corrected chi connectivity index (χ1v) is 11.7. The number of nitrogen functional groups attached to an aromatic ring is 1. The third-order valence-electron chi connectivity index (χ3n) is 5.85. The van der Waals surface area contributed by atoms with Crippen LogP contribution in [0.5, 0.6) is 11.5 Å². The number of benzene rings is 2. The minimum absolute atomic E-state index is 0.0674. The standard InChI is InChI=1S/C25H21F3N8O3/c1-24(2,3)35-22(37)12-9-36-20(21(29)30-10-31-36)19(12)11-4-5-14(13(26)6-11)32-23-33-15-7-17-18(8-16(15)34-23)39-25(27,28)38-17/h4-10H,1-3H3,(H,35,37)(H2,29,30,31)(H2,32,33,34). The highest BCUT2D eigenvalue weighted by Gasteiger charge is 2.43. The van der Waals surface area contributed by atoms with E-state index in [1.165, 1.54) is 41.3 Å². The van der Waals surface area contributed by atoms with E-state index in [1.807, 2.05) is 20.8 Å². The lowest BCUT2D eigenvalue weighted by atomic mass is 10.00. The zero-order valence-corrected chi connectivity index (χ0v) is 20.8. The molecule has 39 heavy (non-hydrogen) atoms. The maximum Gasteiger partial charge on any atom is 0.586 e. The van der Waals surface area contributed by atoms with Crippen LogP contribution < -0.4 is 25.8 Å². The van der Waals surface area contributed by atoms with Crippen molar-refractivity contribution in [2.45, 2.75) is 32.6 Å². The average molecular weight is 538 g/mol. The Labute approximate surface area is 218 Å². The quantitative estimate of drug-likeness (QED) is 0.260. The zero-order valence-electron chi connectivity index (χ0n) is 20.8. The SMILES string of the molecule is CC(C)(C)NC(=O)c1cn2ncnc(N)c2c1-c1ccc(Nc2nc3cc4c(cc3[nH]2)OC(F)(F)O4)c(F)c1. The molecule has 1 amide bonds. The second-order valence-electron chi connectivity index (χ2n) is 9.95. The molecule has 2 aromatic carbocycles. The van der Waals surface area contributed by atoms with Crippen LogP contribution in [0.15, 0.2) is 42.9 Å². The number of H-pyrrole nitrogens is 1. The highest BCUT2D eigenvalue weighted by Crippen LogP contribution is 2.43. The molecule has 0 unspecified atom stereocenters. The molecule has 5 N–H and O–H groups in total. The number of hydrogen-bond donors (Lipinski definition) is 4. The summed E-state index contributed by atoms with van der Waals surface area (Å²) in [6.45, 7) is 5.53. The molecule has 11 nitrogen and oxygen atoms in total. The summed E-state index contributed by atoms with van der Waals surface area (Å²) in [6, 6.07) is 6.94. The van der Waals surface area contributed by atoms with E-state index >= 15 is 4.39 Å². The molecule has 0 spiro atoms. The molecule has 0 saturated heterocycles. The van der Waals surface area contributed by atoms with E-state index < -0.39 is 17.7 Å². The van der Waals surface area contributed by atoms with Gasteiger partial charge in [0.1, 0.15) is 17.7 Å². The summed E-state index contributed by atoms with van der Waals surface area (Å²) in [5, 5.41) is 9.88. The number of carbonyl (C=O) groups is 1. The number of fused-ring (bicyclic) bond motifs is 3. The molecule has 0 atom stereocenters. The fourth-order valence-corrected chi connectivity index (χ4v) is 4.32. The number of rotatable bonds is 4. The van der Waals surface area contributed by atoms with E-state index in [2.05, 4.69) is 40.2 Å². The molecule has 14 heteroatoms. The molecular weight excluding hydrogens is 517 g/mol. The van der Waals surface area contributed by atoms with Crippen LogP contribution in [0.25, 0.3) is 27.7 Å². The van der Waals surface area contributed by atoms with Gasteiger partial charge in [0.15, 0.2) is 17.3 Å². The Hall–Kier alpha value is -5.01. The minimum atomic E-state index is -3.75. The number of nitrogens with zero attached hydrogens (tertiary/aromatic N) is 4. The number of imidazole rings is 1. The Bertz CT molecular complexity index is 1750. The number of nitrogens with two attached hydrogens (primary N) is 1. The van der Waals surface area contributed by atoms with Crippen LogP contribution in [0.1, 0.15) is 31.1 Å². The number of anilines is 3. The first-order chi connectivity index (χ1) is 18.4. The Morgan fingerprint density at radius 2 is 1.90 bits per heavy atom. The molecule has 0 bridgehead atoms. The predicted octanol–water partition coefficient (Wildman–Crippen LogP) is 4.59. The zero-order chi connectivity index (χ0) is 27.7. The van der Waals surface area contributed by atoms with Crippen LogP contribution in [0.2, 0.25) is 0 Å². The van der Waals surface area contributed by atoms with Gasteiger partial charge in [0.25, 0.3) is 5.91 Å². The topological polar surface area (TPSA) is 144 Å². The normalized spacial score (nSPS) is 14.2. The molecule has 0 aliphatic carbocycles. The van der Waals surface area contributed by atoms with Gasteiger partial charge in [0.05, 0.1) is 22.3 Å². The number of alkyl halides is 2. The van der Waals surface area contributed by atoms with Gasteiger partial charge >= 0.3 is 6.29 Å². The van der Waals surface area contributed by atoms with E-state index in [0.717, 1.165) is 0 Å². The van der Waals surface area contributed by atoms with Crippen LogP contribution in [0, 0.1) is 5.82 Å². The first kappa shape index (κ1) is 24.3. The van der Waals surface area contributed by atoms with Crippen molar-refractivity contribution < 1.29 is 27.4 Å². The molecule has 1 aliphatic heterocycles. The summed E-state index contributed by atoms with van der Waals surface area (Å²) >= 11 is 0. The van der Waals surface area contributed by atoms with Crippen LogP contribution in [0.3, 0.4) is 0 Å². The highest BCUT2D eigenvalue weighted by molar-refractivity contribution is 6.07. The van der Waals surface area contributed by atoms with E-state index in [9.17, 15) is 13.6 Å². The van der Waals surface area contributed by atoms with Crippen molar-refractivity contribution in [1.29, 1.82) is 0 Å². The maximum absolute atomic E-state index is 15.4. The lowest BCUT2D eigenvalue weighted by Gasteiger charge is -2.20. The summed E-state index contributed by atoms with van der Waals surface area (Å²) in [5.74, 6) is -1.06. The first-order valence-electron chi connectivity index (χ1n) is 11.7. The Morgan fingerprint density at radius 1 is 1.15 bits per heavy atom. The molecule has 0 fully saturated rings. The van der Waals surface area contributed by atoms with Gasteiger partial charge in [0.2, 0.25) is 5.95 Å². The number of carbonyl (C=O) groups excluding carboxylic acids is 1. The van der Waals surface area contributed by atoms with Gasteiger partial charge in [-0.1, -0.05) is 6.07 Å². The largest absolute Gasteiger partial charge is 0.586 e. The summed E-state index contributed by atoms with van der Waals surface area (Å²) in [5.41, 5.74) is 7.68. The number of hydrogen-bond acceptors (Lipinski definition) is 8. The Kier molecular flexibility index (Phi) is 5.14. The van der Waals surface area contributed by atoms with Crippen molar-refractivity contribution in [2.24, 2.45) is 0 Å². The third kappa shape index (κ3) is 4.39. The van der Waals surface area contributed by atoms with Crippen molar-refractivity contribution in [2.75, 3.05) is 11.1 Å². The predicted molar refractivity (Wildman–Crippen MR) is 136 cm³/mol. The van der Waals surface area contributed by atoms with Gasteiger partial charge in [-0.25, -0.2) is 18.9 Å². The summed E-state index contributed by atoms with van der Waals surface area (Å²) in [7, 11) is 0. The third-order valence-corrected chi connectivity index (χ3v) is 5.85. The summed E-state index contributed by atoms with van der Waals surface area (Å²) < 4.78 is 52.3. The van der Waals surface area contributed by atoms with Crippen molar-refractivity contribution in [3.63, 3.8) is 0 Å². The van der Waals surface area contributed by atoms with Crippen LogP contribution in [-0.2, 0) is 0 Å². The molecule has 1 aliphatic rings. The van der Waals surface area contributed by atoms with E-state index in [-0.39, 0.29) is 40.4 Å². The molecule has 0 radical (unpaired) electrons. The molecule has 3 aromatic heterocycles. The fraction of sp³-hybridized carbons (Fsp3) is 0.200. The fourth-order valence-electron chi connectivity index (χ4n) is 4.32. The van der Waals surface area contributed by atoms with Gasteiger partial charge in [-0.15, -0.1) is 8.78 Å². The van der Waals surface area contributed by atoms with Crippen LogP contribution in [-0.4, -0.2) is 42.3 Å². The number of nitrogens with one attached hydrogen (secondary N) is 3. The highest BCUT2D eigenvalue weighted by atomic mass is 19.3. The number of amides is 1. The van der Waals surface area contributed by atoms with Gasteiger partial charge in [-0.3, -0.25) is 4.79 Å². The second kappa shape index (κ2) is 8.24. The van der Waals surface area contributed by atoms with E-state index in [0.29, 0.717) is 27.7 Å². The van der Waals surface area contributed by atoms with Gasteiger partial charge in [-0.05, 0) is 38.5 Å². The van der Waals surface area contributed by atoms with Gasteiger partial charge in [0, 0.05) is 29.4 Å². The number of ether oxygens (including phenoxy) is 2. The van der Waals surface area contributed by atoms with Crippen molar-refractivity contribution >= 4 is 39.9 Å². The molecule has 6 rings (SSSR count). The minimum Gasteiger partial charge on any atom is -0.395 e. The van der Waals surface area contributed by atoms with Crippen molar-refractivity contribution in [3.8, 4) is 22.6 Å². The van der Waals surface area contributed by atoms with E-state index in [1.54, 1.807) is 6.07 Å². The maximum atomic E-state index is 15.4. The van der Waals surface area contributed by atoms with Gasteiger partial charge < -0.3 is 30.8 Å². The molecule has 5 aromatic rings. The lowest BCUT2D eigenvalue weighted by Crippen LogP contribution is -2.40. The summed E-state index contributed by atoms with van der Waals surface area (Å²) in [6.07, 6.45) is -0.970. The van der Waals surface area contributed by atoms with Gasteiger partial charge in [-0.2, -0.15) is 5.10 Å².